The third-order valence-corrected chi connectivity index (χ3v) is 5.94. The largest absolute Gasteiger partial charge is 0.449 e. The zero-order chi connectivity index (χ0) is 27.2. The summed E-state index contributed by atoms with van der Waals surface area (Å²) in [7, 11) is 0. The number of amides is 1. The molecule has 0 saturated heterocycles. The fourth-order valence-corrected chi connectivity index (χ4v) is 4.30. The lowest BCUT2D eigenvalue weighted by atomic mass is 9.78. The quantitative estimate of drug-likeness (QED) is 0.426. The van der Waals surface area contributed by atoms with Crippen LogP contribution in [0.2, 0.25) is 0 Å². The molecule has 3 rings (SSSR count). The first-order valence-electron chi connectivity index (χ1n) is 10.7. The number of ether oxygens (including phenoxy) is 1. The van der Waals surface area contributed by atoms with Crippen LogP contribution in [0.3, 0.4) is 0 Å². The normalized spacial score (nSPS) is 19.6. The first kappa shape index (κ1) is 27.6. The molecule has 0 aromatic heterocycles. The number of anilines is 1. The molecule has 2 N–H and O–H groups in total. The SMILES string of the molecule is CCOC(=O)N1c2ccc(C(F)(F)F)cc2[C@H]([C@H](N)c2cc(C(F)(F)F)cc(C(F)(F)F)c2)C[C@H]1C. The summed E-state index contributed by atoms with van der Waals surface area (Å²) in [6.45, 7) is 3.00. The van der Waals surface area contributed by atoms with E-state index in [2.05, 4.69) is 0 Å². The number of nitrogens with two attached hydrogens (primary N) is 1. The van der Waals surface area contributed by atoms with E-state index in [0.717, 1.165) is 17.0 Å². The monoisotopic (exact) mass is 528 g/mol. The van der Waals surface area contributed by atoms with Crippen molar-refractivity contribution in [3.05, 3.63) is 64.2 Å². The van der Waals surface area contributed by atoms with E-state index in [-0.39, 0.29) is 30.3 Å². The first-order chi connectivity index (χ1) is 16.4. The van der Waals surface area contributed by atoms with Crippen LogP contribution in [-0.4, -0.2) is 18.7 Å². The van der Waals surface area contributed by atoms with Gasteiger partial charge in [0.05, 0.1) is 29.0 Å². The minimum absolute atomic E-state index is 0.0244. The number of hydrogen-bond donors (Lipinski definition) is 1. The maximum Gasteiger partial charge on any atom is 0.416 e. The number of rotatable bonds is 3. The molecule has 36 heavy (non-hydrogen) atoms. The third-order valence-electron chi connectivity index (χ3n) is 5.94. The van der Waals surface area contributed by atoms with Crippen LogP contribution in [0.4, 0.5) is 50.0 Å². The number of halogens is 9. The summed E-state index contributed by atoms with van der Waals surface area (Å²) >= 11 is 0. The maximum absolute atomic E-state index is 13.4. The second kappa shape index (κ2) is 9.49. The van der Waals surface area contributed by atoms with E-state index in [9.17, 15) is 44.3 Å². The van der Waals surface area contributed by atoms with Gasteiger partial charge in [-0.05, 0) is 67.8 Å². The Kier molecular flexibility index (Phi) is 7.28. The zero-order valence-corrected chi connectivity index (χ0v) is 18.9. The molecule has 0 spiro atoms. The van der Waals surface area contributed by atoms with Crippen molar-refractivity contribution >= 4 is 11.8 Å². The van der Waals surface area contributed by atoms with Gasteiger partial charge in [-0.3, -0.25) is 4.90 Å². The van der Waals surface area contributed by atoms with Gasteiger partial charge in [0.25, 0.3) is 0 Å². The summed E-state index contributed by atoms with van der Waals surface area (Å²) in [6, 6.07) is 0.994. The van der Waals surface area contributed by atoms with Gasteiger partial charge in [-0.2, -0.15) is 39.5 Å². The Morgan fingerprint density at radius 1 is 0.944 bits per heavy atom. The standard InChI is InChI=1S/C23H21F9N2O2/c1-3-36-20(35)34-11(2)6-17(16-10-13(21(24,25)26)4-5-18(16)34)19(33)12-7-14(22(27,28)29)9-15(8-12)23(30,31)32/h4-5,7-11,17,19H,3,6,33H2,1-2H3/t11-,17-,19-/m1/s1. The fourth-order valence-electron chi connectivity index (χ4n) is 4.30. The number of fused-ring (bicyclic) bond motifs is 1. The molecule has 0 radical (unpaired) electrons. The van der Waals surface area contributed by atoms with Crippen molar-refractivity contribution < 1.29 is 49.0 Å². The van der Waals surface area contributed by atoms with Crippen LogP contribution in [0.5, 0.6) is 0 Å². The highest BCUT2D eigenvalue weighted by Gasteiger charge is 2.42. The fraction of sp³-hybridized carbons (Fsp3) is 0.435. The van der Waals surface area contributed by atoms with Crippen LogP contribution in [0, 0.1) is 0 Å². The van der Waals surface area contributed by atoms with Crippen LogP contribution in [0.25, 0.3) is 0 Å². The highest BCUT2D eigenvalue weighted by Crippen LogP contribution is 2.47. The van der Waals surface area contributed by atoms with Gasteiger partial charge in [0, 0.05) is 18.0 Å². The number of nitrogens with zero attached hydrogens (tertiary/aromatic N) is 1. The van der Waals surface area contributed by atoms with Crippen LogP contribution < -0.4 is 10.6 Å². The summed E-state index contributed by atoms with van der Waals surface area (Å²) in [5.74, 6) is -1.15. The van der Waals surface area contributed by atoms with Crippen molar-refractivity contribution in [3.63, 3.8) is 0 Å². The minimum Gasteiger partial charge on any atom is -0.449 e. The molecular formula is C23H21F9N2O2. The lowest BCUT2D eigenvalue weighted by Gasteiger charge is -2.41. The molecule has 1 aliphatic heterocycles. The summed E-state index contributed by atoms with van der Waals surface area (Å²) in [5, 5.41) is 0. The predicted octanol–water partition coefficient (Wildman–Crippen LogP) is 7.28. The summed E-state index contributed by atoms with van der Waals surface area (Å²) in [5.41, 5.74) is 1.14. The van der Waals surface area contributed by atoms with Gasteiger partial charge in [0.2, 0.25) is 0 Å². The molecule has 0 unspecified atom stereocenters. The van der Waals surface area contributed by atoms with Crippen molar-refractivity contribution in [1.29, 1.82) is 0 Å². The van der Waals surface area contributed by atoms with Crippen molar-refractivity contribution in [3.8, 4) is 0 Å². The summed E-state index contributed by atoms with van der Waals surface area (Å²) in [4.78, 5) is 13.6. The molecule has 198 valence electrons. The van der Waals surface area contributed by atoms with Crippen molar-refractivity contribution in [1.82, 2.24) is 0 Å². The van der Waals surface area contributed by atoms with Crippen LogP contribution in [0.15, 0.2) is 36.4 Å². The van der Waals surface area contributed by atoms with Gasteiger partial charge < -0.3 is 10.5 Å². The number of hydrogen-bond acceptors (Lipinski definition) is 3. The second-order valence-electron chi connectivity index (χ2n) is 8.40. The van der Waals surface area contributed by atoms with Crippen molar-refractivity contribution in [2.75, 3.05) is 11.5 Å². The van der Waals surface area contributed by atoms with Gasteiger partial charge in [-0.1, -0.05) is 0 Å². The average molecular weight is 528 g/mol. The number of carbonyl (C=O) groups excluding carboxylic acids is 1. The molecule has 0 fully saturated rings. The molecule has 13 heteroatoms. The van der Waals surface area contributed by atoms with Gasteiger partial charge >= 0.3 is 24.6 Å². The van der Waals surface area contributed by atoms with Gasteiger partial charge in [0.15, 0.2) is 0 Å². The molecule has 4 nitrogen and oxygen atoms in total. The van der Waals surface area contributed by atoms with E-state index in [0.29, 0.717) is 18.2 Å². The lowest BCUT2D eigenvalue weighted by molar-refractivity contribution is -0.143. The Hall–Kier alpha value is -2.96. The first-order valence-corrected chi connectivity index (χ1v) is 10.7. The maximum atomic E-state index is 13.4. The van der Waals surface area contributed by atoms with E-state index in [1.807, 2.05) is 0 Å². The van der Waals surface area contributed by atoms with Gasteiger partial charge in [-0.15, -0.1) is 0 Å². The smallest absolute Gasteiger partial charge is 0.416 e. The zero-order valence-electron chi connectivity index (χ0n) is 18.9. The highest BCUT2D eigenvalue weighted by atomic mass is 19.4. The molecule has 0 saturated carbocycles. The van der Waals surface area contributed by atoms with E-state index in [4.69, 9.17) is 10.5 Å². The molecular weight excluding hydrogens is 507 g/mol. The van der Waals surface area contributed by atoms with Gasteiger partial charge in [-0.25, -0.2) is 4.79 Å². The molecule has 3 atom stereocenters. The van der Waals surface area contributed by atoms with Crippen LogP contribution >= 0.6 is 0 Å². The van der Waals surface area contributed by atoms with E-state index < -0.39 is 64.9 Å². The highest BCUT2D eigenvalue weighted by molar-refractivity contribution is 5.90. The Bertz CT molecular complexity index is 1090. The van der Waals surface area contributed by atoms with E-state index >= 15 is 0 Å². The Morgan fingerprint density at radius 3 is 1.94 bits per heavy atom. The molecule has 2 aromatic rings. The number of alkyl halides is 9. The number of carbonyl (C=O) groups is 1. The summed E-state index contributed by atoms with van der Waals surface area (Å²) < 4.78 is 125. The van der Waals surface area contributed by atoms with Crippen molar-refractivity contribution in [2.45, 2.75) is 56.8 Å². The summed E-state index contributed by atoms with van der Waals surface area (Å²) in [6.07, 6.45) is -16.1. The molecule has 0 aliphatic carbocycles. The molecule has 0 bridgehead atoms. The molecule has 2 aromatic carbocycles. The average Bonchev–Trinajstić information content (AvgIpc) is 2.75. The second-order valence-corrected chi connectivity index (χ2v) is 8.40. The Morgan fingerprint density at radius 2 is 1.47 bits per heavy atom. The lowest BCUT2D eigenvalue weighted by Crippen LogP contribution is -2.45. The molecule has 1 heterocycles. The van der Waals surface area contributed by atoms with Crippen LogP contribution in [0.1, 0.15) is 60.0 Å². The van der Waals surface area contributed by atoms with E-state index in [1.165, 1.54) is 13.8 Å². The molecule has 1 amide bonds. The Balaban J connectivity index is 2.19. The van der Waals surface area contributed by atoms with Gasteiger partial charge in [0.1, 0.15) is 0 Å². The number of benzene rings is 2. The third kappa shape index (κ3) is 5.55. The topological polar surface area (TPSA) is 55.6 Å². The van der Waals surface area contributed by atoms with Crippen molar-refractivity contribution in [2.24, 2.45) is 5.73 Å². The van der Waals surface area contributed by atoms with Crippen LogP contribution in [-0.2, 0) is 23.3 Å². The predicted molar refractivity (Wildman–Crippen MR) is 111 cm³/mol. The minimum atomic E-state index is -5.13. The molecule has 1 aliphatic rings. The van der Waals surface area contributed by atoms with E-state index in [1.54, 1.807) is 0 Å². The Labute approximate surface area is 199 Å².